The van der Waals surface area contributed by atoms with Crippen molar-refractivity contribution < 1.29 is 4.74 Å². The summed E-state index contributed by atoms with van der Waals surface area (Å²) in [5.41, 5.74) is 5.55. The number of piperidine rings is 1. The highest BCUT2D eigenvalue weighted by molar-refractivity contribution is 4.89. The van der Waals surface area contributed by atoms with Crippen LogP contribution in [0.2, 0.25) is 0 Å². The van der Waals surface area contributed by atoms with Crippen molar-refractivity contribution in [3.63, 3.8) is 0 Å². The van der Waals surface area contributed by atoms with E-state index in [0.29, 0.717) is 0 Å². The third-order valence-electron chi connectivity index (χ3n) is 3.15. The van der Waals surface area contributed by atoms with Crippen LogP contribution in [-0.4, -0.2) is 43.3 Å². The Hall–Kier alpha value is -0.630. The first-order chi connectivity index (χ1) is 7.09. The van der Waals surface area contributed by atoms with E-state index in [1.807, 2.05) is 0 Å². The molecule has 2 unspecified atom stereocenters. The molecule has 15 heavy (non-hydrogen) atoms. The maximum Gasteiger partial charge on any atom is 0.0940 e. The van der Waals surface area contributed by atoms with E-state index in [2.05, 4.69) is 17.9 Å². The van der Waals surface area contributed by atoms with Crippen LogP contribution in [0.3, 0.4) is 0 Å². The summed E-state index contributed by atoms with van der Waals surface area (Å²) < 4.78 is 5.50. The second-order valence-corrected chi connectivity index (χ2v) is 4.56. The predicted molar refractivity (Wildman–Crippen MR) is 59.3 cm³/mol. The highest BCUT2D eigenvalue weighted by Gasteiger charge is 2.30. The first kappa shape index (κ1) is 12.4. The molecule has 1 fully saturated rings. The summed E-state index contributed by atoms with van der Waals surface area (Å²) in [4.78, 5) is 2.34. The standard InChI is InChI=1S/C11H21N3O/c1-11(15-2)5-3-6-14(9-11)7-4-10(13)8-12/h10H,3-7,9,13H2,1-2H3. The van der Waals surface area contributed by atoms with E-state index in [1.54, 1.807) is 7.11 Å². The van der Waals surface area contributed by atoms with Crippen LogP contribution in [-0.2, 0) is 4.74 Å². The Bertz CT molecular complexity index is 238. The van der Waals surface area contributed by atoms with Crippen LogP contribution in [0.4, 0.5) is 0 Å². The van der Waals surface area contributed by atoms with Crippen molar-refractivity contribution in [1.82, 2.24) is 4.90 Å². The minimum absolute atomic E-state index is 0.0189. The Morgan fingerprint density at radius 1 is 1.67 bits per heavy atom. The molecule has 1 aliphatic heterocycles. The lowest BCUT2D eigenvalue weighted by atomic mass is 9.94. The number of likely N-dealkylation sites (tertiary alicyclic amines) is 1. The van der Waals surface area contributed by atoms with Crippen LogP contribution in [0.15, 0.2) is 0 Å². The number of nitrogens with zero attached hydrogens (tertiary/aromatic N) is 2. The normalized spacial score (nSPS) is 29.7. The van der Waals surface area contributed by atoms with Crippen LogP contribution < -0.4 is 5.73 Å². The second-order valence-electron chi connectivity index (χ2n) is 4.56. The van der Waals surface area contributed by atoms with E-state index in [-0.39, 0.29) is 11.6 Å². The lowest BCUT2D eigenvalue weighted by Crippen LogP contribution is -2.48. The minimum atomic E-state index is -0.333. The highest BCUT2D eigenvalue weighted by Crippen LogP contribution is 2.23. The van der Waals surface area contributed by atoms with Gasteiger partial charge in [-0.05, 0) is 32.7 Å². The second kappa shape index (κ2) is 5.45. The average molecular weight is 211 g/mol. The van der Waals surface area contributed by atoms with Gasteiger partial charge in [0, 0.05) is 20.2 Å². The van der Waals surface area contributed by atoms with Crippen LogP contribution in [0.5, 0.6) is 0 Å². The number of rotatable bonds is 4. The van der Waals surface area contributed by atoms with E-state index in [4.69, 9.17) is 15.7 Å². The Labute approximate surface area is 92.0 Å². The first-order valence-electron chi connectivity index (χ1n) is 5.52. The van der Waals surface area contributed by atoms with Crippen molar-refractivity contribution in [3.8, 4) is 6.07 Å². The van der Waals surface area contributed by atoms with E-state index in [0.717, 1.165) is 38.9 Å². The smallest absolute Gasteiger partial charge is 0.0940 e. The molecule has 0 amide bonds. The van der Waals surface area contributed by atoms with Crippen LogP contribution in [0.25, 0.3) is 0 Å². The van der Waals surface area contributed by atoms with Gasteiger partial charge in [0.1, 0.15) is 0 Å². The van der Waals surface area contributed by atoms with E-state index in [1.165, 1.54) is 0 Å². The van der Waals surface area contributed by atoms with Crippen LogP contribution in [0, 0.1) is 11.3 Å². The van der Waals surface area contributed by atoms with Crippen molar-refractivity contribution in [1.29, 1.82) is 5.26 Å². The third kappa shape index (κ3) is 3.78. The fourth-order valence-electron chi connectivity index (χ4n) is 2.05. The number of hydrogen-bond donors (Lipinski definition) is 1. The van der Waals surface area contributed by atoms with Gasteiger partial charge < -0.3 is 15.4 Å². The summed E-state index contributed by atoms with van der Waals surface area (Å²) >= 11 is 0. The number of nitrogens with two attached hydrogens (primary N) is 1. The van der Waals surface area contributed by atoms with Crippen LogP contribution >= 0.6 is 0 Å². The Morgan fingerprint density at radius 2 is 2.40 bits per heavy atom. The molecule has 1 rings (SSSR count). The molecule has 0 aromatic heterocycles. The molecular formula is C11H21N3O. The molecule has 1 heterocycles. The molecule has 0 aliphatic carbocycles. The van der Waals surface area contributed by atoms with Crippen molar-refractivity contribution in [2.45, 2.75) is 37.8 Å². The van der Waals surface area contributed by atoms with E-state index in [9.17, 15) is 0 Å². The number of hydrogen-bond acceptors (Lipinski definition) is 4. The number of nitriles is 1. The molecular weight excluding hydrogens is 190 g/mol. The fraction of sp³-hybridized carbons (Fsp3) is 0.909. The van der Waals surface area contributed by atoms with Gasteiger partial charge in [0.25, 0.3) is 0 Å². The molecule has 0 aromatic carbocycles. The molecule has 0 aromatic rings. The quantitative estimate of drug-likeness (QED) is 0.744. The van der Waals surface area contributed by atoms with Crippen molar-refractivity contribution in [2.24, 2.45) is 5.73 Å². The topological polar surface area (TPSA) is 62.3 Å². The summed E-state index contributed by atoms with van der Waals surface area (Å²) in [6, 6.07) is 1.73. The third-order valence-corrected chi connectivity index (χ3v) is 3.15. The highest BCUT2D eigenvalue weighted by atomic mass is 16.5. The number of methoxy groups -OCH3 is 1. The molecule has 1 saturated heterocycles. The molecule has 4 nitrogen and oxygen atoms in total. The van der Waals surface area contributed by atoms with Crippen molar-refractivity contribution >= 4 is 0 Å². The largest absolute Gasteiger partial charge is 0.377 e. The van der Waals surface area contributed by atoms with E-state index >= 15 is 0 Å². The van der Waals surface area contributed by atoms with Gasteiger partial charge in [-0.15, -0.1) is 0 Å². The molecule has 1 aliphatic rings. The van der Waals surface area contributed by atoms with Crippen LogP contribution in [0.1, 0.15) is 26.2 Å². The Balaban J connectivity index is 2.34. The van der Waals surface area contributed by atoms with Gasteiger partial charge in [-0.25, -0.2) is 0 Å². The molecule has 86 valence electrons. The van der Waals surface area contributed by atoms with Gasteiger partial charge in [0.2, 0.25) is 0 Å². The predicted octanol–water partition coefficient (Wildman–Crippen LogP) is 0.728. The SMILES string of the molecule is COC1(C)CCCN(CCC(N)C#N)C1. The maximum atomic E-state index is 8.59. The summed E-state index contributed by atoms with van der Waals surface area (Å²) in [6.07, 6.45) is 3.02. The zero-order chi connectivity index (χ0) is 11.3. The molecule has 0 radical (unpaired) electrons. The minimum Gasteiger partial charge on any atom is -0.377 e. The average Bonchev–Trinajstić information content (AvgIpc) is 2.26. The van der Waals surface area contributed by atoms with E-state index < -0.39 is 0 Å². The summed E-state index contributed by atoms with van der Waals surface area (Å²) in [5.74, 6) is 0. The molecule has 0 bridgehead atoms. The summed E-state index contributed by atoms with van der Waals surface area (Å²) in [5, 5.41) is 8.59. The van der Waals surface area contributed by atoms with Gasteiger partial charge in [-0.3, -0.25) is 0 Å². The number of ether oxygens (including phenoxy) is 1. The van der Waals surface area contributed by atoms with Gasteiger partial charge in [-0.2, -0.15) is 5.26 Å². The lowest BCUT2D eigenvalue weighted by molar-refractivity contribution is -0.0508. The maximum absolute atomic E-state index is 8.59. The monoisotopic (exact) mass is 211 g/mol. The summed E-state index contributed by atoms with van der Waals surface area (Å²) in [7, 11) is 1.77. The van der Waals surface area contributed by atoms with Gasteiger partial charge >= 0.3 is 0 Å². The molecule has 0 saturated carbocycles. The molecule has 2 atom stereocenters. The molecule has 4 heteroatoms. The van der Waals surface area contributed by atoms with Gasteiger partial charge in [0.15, 0.2) is 0 Å². The Morgan fingerprint density at radius 3 is 3.00 bits per heavy atom. The lowest BCUT2D eigenvalue weighted by Gasteiger charge is -2.39. The van der Waals surface area contributed by atoms with Crippen molar-refractivity contribution in [2.75, 3.05) is 26.7 Å². The molecule has 2 N–H and O–H groups in total. The van der Waals surface area contributed by atoms with Gasteiger partial charge in [-0.1, -0.05) is 0 Å². The van der Waals surface area contributed by atoms with Crippen molar-refractivity contribution in [3.05, 3.63) is 0 Å². The zero-order valence-electron chi connectivity index (χ0n) is 9.70. The first-order valence-corrected chi connectivity index (χ1v) is 5.52. The summed E-state index contributed by atoms with van der Waals surface area (Å²) in [6.45, 7) is 5.08. The zero-order valence-corrected chi connectivity index (χ0v) is 9.70. The Kier molecular flexibility index (Phi) is 4.52. The van der Waals surface area contributed by atoms with Gasteiger partial charge in [0.05, 0.1) is 17.7 Å². The fourth-order valence-corrected chi connectivity index (χ4v) is 2.05. The molecule has 0 spiro atoms.